The van der Waals surface area contributed by atoms with E-state index in [9.17, 15) is 4.79 Å². The number of anilines is 1. The van der Waals surface area contributed by atoms with Crippen molar-refractivity contribution in [3.05, 3.63) is 29.9 Å². The number of aromatic nitrogens is 2. The molecule has 0 aliphatic rings. The Morgan fingerprint density at radius 2 is 2.44 bits per heavy atom. The number of carbonyl (C=O) groups excluding carboxylic acids is 1. The van der Waals surface area contributed by atoms with Gasteiger partial charge in [0.1, 0.15) is 0 Å². The maximum atomic E-state index is 11.0. The number of nitrogens with one attached hydrogen (secondary N) is 1. The highest BCUT2D eigenvalue weighted by molar-refractivity contribution is 7.14. The first kappa shape index (κ1) is 10.7. The molecule has 0 bridgehead atoms. The molecule has 2 rings (SSSR count). The van der Waals surface area contributed by atoms with Gasteiger partial charge in [-0.15, -0.1) is 11.3 Å². The number of pyridine rings is 1. The molecule has 0 aromatic carbocycles. The molecule has 82 valence electrons. The van der Waals surface area contributed by atoms with Crippen molar-refractivity contribution in [3.63, 3.8) is 0 Å². The second-order valence-corrected chi connectivity index (χ2v) is 3.89. The minimum absolute atomic E-state index is 0.0399. The van der Waals surface area contributed by atoms with Gasteiger partial charge in [0.2, 0.25) is 5.91 Å². The molecule has 3 N–H and O–H groups in total. The Labute approximate surface area is 96.3 Å². The van der Waals surface area contributed by atoms with Crippen LogP contribution in [0.4, 0.5) is 5.13 Å². The summed E-state index contributed by atoms with van der Waals surface area (Å²) < 4.78 is 0. The van der Waals surface area contributed by atoms with Crippen LogP contribution in [0.2, 0.25) is 0 Å². The average Bonchev–Trinajstić information content (AvgIpc) is 2.78. The zero-order valence-electron chi connectivity index (χ0n) is 8.38. The zero-order valence-corrected chi connectivity index (χ0v) is 9.20. The fraction of sp³-hybridized carbons (Fsp3) is 0.100. The summed E-state index contributed by atoms with van der Waals surface area (Å²) in [5.74, 6) is -0.243. The van der Waals surface area contributed by atoms with Crippen molar-refractivity contribution in [1.29, 1.82) is 0 Å². The number of hydrogen-bond acceptors (Lipinski definition) is 5. The topological polar surface area (TPSA) is 80.9 Å². The number of nitrogens with zero attached hydrogens (tertiary/aromatic N) is 2. The lowest BCUT2D eigenvalue weighted by Gasteiger charge is -1.97. The van der Waals surface area contributed by atoms with E-state index in [1.54, 1.807) is 12.4 Å². The molecule has 0 radical (unpaired) electrons. The van der Waals surface area contributed by atoms with Crippen LogP contribution in [0.25, 0.3) is 11.3 Å². The Balaban J connectivity index is 2.17. The van der Waals surface area contributed by atoms with Gasteiger partial charge in [0.05, 0.1) is 12.2 Å². The molecule has 0 atom stereocenters. The summed E-state index contributed by atoms with van der Waals surface area (Å²) in [4.78, 5) is 19.3. The molecule has 2 aromatic heterocycles. The normalized spacial score (nSPS) is 10.1. The summed E-state index contributed by atoms with van der Waals surface area (Å²) in [5.41, 5.74) is 6.91. The maximum Gasteiger partial charge on any atom is 0.239 e. The lowest BCUT2D eigenvalue weighted by Crippen LogP contribution is -2.21. The molecule has 16 heavy (non-hydrogen) atoms. The molecule has 0 unspecified atom stereocenters. The summed E-state index contributed by atoms with van der Waals surface area (Å²) in [6.45, 7) is -0.0399. The van der Waals surface area contributed by atoms with E-state index in [0.717, 1.165) is 11.3 Å². The highest BCUT2D eigenvalue weighted by atomic mass is 32.1. The third-order valence-corrected chi connectivity index (χ3v) is 2.65. The third kappa shape index (κ3) is 2.41. The van der Waals surface area contributed by atoms with Gasteiger partial charge in [-0.25, -0.2) is 4.98 Å². The zero-order chi connectivity index (χ0) is 11.4. The molecule has 0 aliphatic carbocycles. The molecule has 5 nitrogen and oxygen atoms in total. The lowest BCUT2D eigenvalue weighted by molar-refractivity contribution is -0.114. The largest absolute Gasteiger partial charge is 0.322 e. The average molecular weight is 234 g/mol. The molecule has 6 heteroatoms. The Hall–Kier alpha value is -1.79. The van der Waals surface area contributed by atoms with E-state index in [1.807, 2.05) is 17.5 Å². The summed E-state index contributed by atoms with van der Waals surface area (Å²) >= 11 is 1.36. The van der Waals surface area contributed by atoms with Crippen LogP contribution in [0.15, 0.2) is 29.9 Å². The van der Waals surface area contributed by atoms with Gasteiger partial charge >= 0.3 is 0 Å². The molecule has 0 saturated carbocycles. The van der Waals surface area contributed by atoms with Crippen LogP contribution in [0.5, 0.6) is 0 Å². The number of hydrogen-bond donors (Lipinski definition) is 2. The molecule has 2 aromatic rings. The van der Waals surface area contributed by atoms with Crippen molar-refractivity contribution in [2.45, 2.75) is 0 Å². The van der Waals surface area contributed by atoms with Crippen molar-refractivity contribution >= 4 is 22.4 Å². The fourth-order valence-electron chi connectivity index (χ4n) is 1.15. The van der Waals surface area contributed by atoms with E-state index < -0.39 is 0 Å². The fourth-order valence-corrected chi connectivity index (χ4v) is 1.88. The van der Waals surface area contributed by atoms with Crippen molar-refractivity contribution in [3.8, 4) is 11.3 Å². The van der Waals surface area contributed by atoms with Crippen LogP contribution in [0, 0.1) is 0 Å². The van der Waals surface area contributed by atoms with Gasteiger partial charge in [-0.3, -0.25) is 9.78 Å². The minimum atomic E-state index is -0.243. The van der Waals surface area contributed by atoms with Crippen LogP contribution in [-0.4, -0.2) is 22.4 Å². The molecule has 0 fully saturated rings. The van der Waals surface area contributed by atoms with E-state index in [1.165, 1.54) is 11.3 Å². The Morgan fingerprint density at radius 3 is 3.12 bits per heavy atom. The van der Waals surface area contributed by atoms with Gasteiger partial charge in [0, 0.05) is 23.3 Å². The molecule has 1 amide bonds. The Morgan fingerprint density at radius 1 is 1.56 bits per heavy atom. The van der Waals surface area contributed by atoms with Gasteiger partial charge in [-0.1, -0.05) is 0 Å². The number of rotatable bonds is 3. The van der Waals surface area contributed by atoms with E-state index in [2.05, 4.69) is 15.3 Å². The van der Waals surface area contributed by atoms with E-state index in [-0.39, 0.29) is 12.5 Å². The minimum Gasteiger partial charge on any atom is -0.322 e. The summed E-state index contributed by atoms with van der Waals surface area (Å²) in [6.07, 6.45) is 3.43. The summed E-state index contributed by atoms with van der Waals surface area (Å²) in [5, 5.41) is 5.02. The standard InChI is InChI=1S/C10H10N4OS/c11-4-9(15)14-10-13-8(6-16-10)7-2-1-3-12-5-7/h1-3,5-6H,4,11H2,(H,13,14,15). The summed E-state index contributed by atoms with van der Waals surface area (Å²) in [7, 11) is 0. The summed E-state index contributed by atoms with van der Waals surface area (Å²) in [6, 6.07) is 3.75. The first-order valence-corrected chi connectivity index (χ1v) is 5.53. The van der Waals surface area contributed by atoms with Crippen molar-refractivity contribution in [2.75, 3.05) is 11.9 Å². The van der Waals surface area contributed by atoms with Gasteiger partial charge in [0.25, 0.3) is 0 Å². The molecule has 0 spiro atoms. The molecule has 0 aliphatic heterocycles. The second kappa shape index (κ2) is 4.82. The smallest absolute Gasteiger partial charge is 0.239 e. The maximum absolute atomic E-state index is 11.0. The highest BCUT2D eigenvalue weighted by Gasteiger charge is 2.06. The third-order valence-electron chi connectivity index (χ3n) is 1.89. The number of amides is 1. The first-order valence-electron chi connectivity index (χ1n) is 4.65. The van der Waals surface area contributed by atoms with Crippen molar-refractivity contribution in [2.24, 2.45) is 5.73 Å². The van der Waals surface area contributed by atoms with E-state index in [0.29, 0.717) is 5.13 Å². The molecule has 2 heterocycles. The van der Waals surface area contributed by atoms with Gasteiger partial charge in [-0.2, -0.15) is 0 Å². The van der Waals surface area contributed by atoms with Gasteiger partial charge in [-0.05, 0) is 12.1 Å². The van der Waals surface area contributed by atoms with Crippen LogP contribution in [-0.2, 0) is 4.79 Å². The Kier molecular flexibility index (Phi) is 3.23. The van der Waals surface area contributed by atoms with E-state index in [4.69, 9.17) is 5.73 Å². The SMILES string of the molecule is NCC(=O)Nc1nc(-c2cccnc2)cs1. The van der Waals surface area contributed by atoms with Gasteiger partial charge < -0.3 is 11.1 Å². The number of thiazole rings is 1. The van der Waals surface area contributed by atoms with Crippen LogP contribution < -0.4 is 11.1 Å². The second-order valence-electron chi connectivity index (χ2n) is 3.03. The van der Waals surface area contributed by atoms with E-state index >= 15 is 0 Å². The van der Waals surface area contributed by atoms with Crippen molar-refractivity contribution in [1.82, 2.24) is 9.97 Å². The van der Waals surface area contributed by atoms with Gasteiger partial charge in [0.15, 0.2) is 5.13 Å². The number of nitrogens with two attached hydrogens (primary N) is 1. The quantitative estimate of drug-likeness (QED) is 0.833. The van der Waals surface area contributed by atoms with Crippen molar-refractivity contribution < 1.29 is 4.79 Å². The predicted molar refractivity (Wildman–Crippen MR) is 63.0 cm³/mol. The number of carbonyl (C=O) groups is 1. The van der Waals surface area contributed by atoms with Crippen LogP contribution in [0.1, 0.15) is 0 Å². The molecular formula is C10H10N4OS. The van der Waals surface area contributed by atoms with Crippen LogP contribution in [0.3, 0.4) is 0 Å². The van der Waals surface area contributed by atoms with Crippen LogP contribution >= 0.6 is 11.3 Å². The molecular weight excluding hydrogens is 224 g/mol. The lowest BCUT2D eigenvalue weighted by atomic mass is 10.2. The Bertz CT molecular complexity index is 483. The predicted octanol–water partition coefficient (Wildman–Crippen LogP) is 1.10. The highest BCUT2D eigenvalue weighted by Crippen LogP contribution is 2.23. The first-order chi connectivity index (χ1) is 7.79. The monoisotopic (exact) mass is 234 g/mol. The molecule has 0 saturated heterocycles.